The van der Waals surface area contributed by atoms with E-state index in [-0.39, 0.29) is 22.7 Å². The van der Waals surface area contributed by atoms with Crippen LogP contribution >= 0.6 is 15.9 Å². The monoisotopic (exact) mass is 357 g/mol. The van der Waals surface area contributed by atoms with Crippen LogP contribution in [-0.4, -0.2) is 28.4 Å². The molecule has 0 aliphatic carbocycles. The maximum Gasteiger partial charge on any atom is 0.309 e. The van der Waals surface area contributed by atoms with Crippen LogP contribution in [0.15, 0.2) is 22.7 Å². The molecule has 0 bridgehead atoms. The zero-order valence-corrected chi connectivity index (χ0v) is 13.4. The number of carboxylic acids is 1. The molecule has 2 atom stereocenters. The van der Waals surface area contributed by atoms with Gasteiger partial charge in [-0.1, -0.05) is 19.9 Å². The van der Waals surface area contributed by atoms with Gasteiger partial charge in [0.25, 0.3) is 0 Å². The number of benzene rings is 1. The average molecular weight is 358 g/mol. The largest absolute Gasteiger partial charge is 0.481 e. The van der Waals surface area contributed by atoms with Crippen molar-refractivity contribution in [2.45, 2.75) is 26.3 Å². The zero-order valence-electron chi connectivity index (χ0n) is 11.8. The Hall–Kier alpha value is -1.43. The van der Waals surface area contributed by atoms with Crippen LogP contribution in [-0.2, 0) is 9.59 Å². The van der Waals surface area contributed by atoms with Crippen molar-refractivity contribution in [1.82, 2.24) is 4.90 Å². The minimum absolute atomic E-state index is 0.0122. The predicted octanol–water partition coefficient (Wildman–Crippen LogP) is 3.22. The molecule has 1 aliphatic heterocycles. The number of carbonyl (C=O) groups excluding carboxylic acids is 1. The molecule has 114 valence electrons. The number of hydrogen-bond acceptors (Lipinski definition) is 2. The summed E-state index contributed by atoms with van der Waals surface area (Å²) in [5.74, 6) is -2.14. The molecule has 1 N–H and O–H groups in total. The quantitative estimate of drug-likeness (QED) is 0.899. The van der Waals surface area contributed by atoms with E-state index >= 15 is 0 Å². The molecule has 21 heavy (non-hydrogen) atoms. The second kappa shape index (κ2) is 6.13. The van der Waals surface area contributed by atoms with Crippen LogP contribution in [0.1, 0.15) is 31.9 Å². The number of likely N-dealkylation sites (tertiary alicyclic amines) is 1. The number of nitrogens with zero attached hydrogens (tertiary/aromatic N) is 1. The summed E-state index contributed by atoms with van der Waals surface area (Å²) in [5.41, 5.74) is 0.641. The Morgan fingerprint density at radius 2 is 2.19 bits per heavy atom. The van der Waals surface area contributed by atoms with Gasteiger partial charge in [0.2, 0.25) is 5.91 Å². The molecule has 4 nitrogen and oxygen atoms in total. The summed E-state index contributed by atoms with van der Waals surface area (Å²) >= 11 is 3.11. The van der Waals surface area contributed by atoms with Gasteiger partial charge in [0, 0.05) is 13.0 Å². The van der Waals surface area contributed by atoms with E-state index in [1.807, 2.05) is 13.8 Å². The average Bonchev–Trinajstić information content (AvgIpc) is 2.70. The van der Waals surface area contributed by atoms with E-state index in [9.17, 15) is 19.1 Å². The molecule has 1 fully saturated rings. The minimum Gasteiger partial charge on any atom is -0.481 e. The molecule has 0 aromatic heterocycles. The van der Waals surface area contributed by atoms with Crippen molar-refractivity contribution >= 4 is 27.8 Å². The Kier molecular flexibility index (Phi) is 4.66. The second-order valence-electron chi connectivity index (χ2n) is 5.71. The Balaban J connectivity index is 2.43. The molecule has 1 aromatic carbocycles. The lowest BCUT2D eigenvalue weighted by Crippen LogP contribution is -2.33. The first-order chi connectivity index (χ1) is 9.81. The Labute approximate surface area is 131 Å². The third-order valence-electron chi connectivity index (χ3n) is 3.60. The number of carbonyl (C=O) groups is 2. The fourth-order valence-electron chi connectivity index (χ4n) is 2.73. The number of rotatable bonds is 4. The van der Waals surface area contributed by atoms with E-state index in [1.165, 1.54) is 6.07 Å². The molecular weight excluding hydrogens is 341 g/mol. The van der Waals surface area contributed by atoms with Gasteiger partial charge >= 0.3 is 5.97 Å². The van der Waals surface area contributed by atoms with Crippen molar-refractivity contribution in [2.24, 2.45) is 11.8 Å². The molecule has 0 radical (unpaired) electrons. The molecule has 0 saturated carbocycles. The SMILES string of the molecule is CC(C)CN1C(=O)CC(C(=O)O)C1c1ccc(F)c(Br)c1. The van der Waals surface area contributed by atoms with Gasteiger partial charge in [0.1, 0.15) is 5.82 Å². The van der Waals surface area contributed by atoms with Crippen molar-refractivity contribution in [2.75, 3.05) is 6.54 Å². The van der Waals surface area contributed by atoms with Gasteiger partial charge in [0.15, 0.2) is 0 Å². The normalized spacial score (nSPS) is 22.1. The highest BCUT2D eigenvalue weighted by atomic mass is 79.9. The van der Waals surface area contributed by atoms with Crippen molar-refractivity contribution in [3.63, 3.8) is 0 Å². The second-order valence-corrected chi connectivity index (χ2v) is 6.56. The summed E-state index contributed by atoms with van der Waals surface area (Å²) in [4.78, 5) is 25.2. The highest BCUT2D eigenvalue weighted by Gasteiger charge is 2.44. The fourth-order valence-corrected chi connectivity index (χ4v) is 3.13. The summed E-state index contributed by atoms with van der Waals surface area (Å²) in [6.45, 7) is 4.43. The molecule has 0 spiro atoms. The van der Waals surface area contributed by atoms with E-state index in [2.05, 4.69) is 15.9 Å². The topological polar surface area (TPSA) is 57.6 Å². The lowest BCUT2D eigenvalue weighted by atomic mass is 9.93. The predicted molar refractivity (Wildman–Crippen MR) is 79.1 cm³/mol. The molecule has 2 rings (SSSR count). The first kappa shape index (κ1) is 15.9. The number of carboxylic acid groups (broad SMARTS) is 1. The lowest BCUT2D eigenvalue weighted by molar-refractivity contribution is -0.142. The van der Waals surface area contributed by atoms with Gasteiger partial charge in [-0.15, -0.1) is 0 Å². The third-order valence-corrected chi connectivity index (χ3v) is 4.20. The van der Waals surface area contributed by atoms with Crippen molar-refractivity contribution < 1.29 is 19.1 Å². The van der Waals surface area contributed by atoms with Crippen LogP contribution in [0.5, 0.6) is 0 Å². The van der Waals surface area contributed by atoms with Crippen LogP contribution in [0.2, 0.25) is 0 Å². The summed E-state index contributed by atoms with van der Waals surface area (Å²) in [7, 11) is 0. The Morgan fingerprint density at radius 3 is 2.71 bits per heavy atom. The van der Waals surface area contributed by atoms with E-state index in [0.29, 0.717) is 12.1 Å². The molecular formula is C15H17BrFNO3. The third kappa shape index (κ3) is 3.26. The van der Waals surface area contributed by atoms with E-state index in [0.717, 1.165) is 0 Å². The van der Waals surface area contributed by atoms with Gasteiger partial charge in [0.05, 0.1) is 16.4 Å². The van der Waals surface area contributed by atoms with Crippen LogP contribution in [0.25, 0.3) is 0 Å². The van der Waals surface area contributed by atoms with Gasteiger partial charge in [-0.3, -0.25) is 9.59 Å². The van der Waals surface area contributed by atoms with Crippen LogP contribution in [0, 0.1) is 17.7 Å². The van der Waals surface area contributed by atoms with Crippen LogP contribution in [0.4, 0.5) is 4.39 Å². The zero-order chi connectivity index (χ0) is 15.7. The number of hydrogen-bond donors (Lipinski definition) is 1. The fraction of sp³-hybridized carbons (Fsp3) is 0.467. The molecule has 1 aliphatic rings. The highest BCUT2D eigenvalue weighted by molar-refractivity contribution is 9.10. The van der Waals surface area contributed by atoms with E-state index in [1.54, 1.807) is 17.0 Å². The molecule has 1 saturated heterocycles. The maximum atomic E-state index is 13.4. The number of aliphatic carboxylic acids is 1. The Bertz CT molecular complexity index is 576. The van der Waals surface area contributed by atoms with Gasteiger partial charge < -0.3 is 10.0 Å². The molecule has 6 heteroatoms. The smallest absolute Gasteiger partial charge is 0.309 e. The summed E-state index contributed by atoms with van der Waals surface area (Å²) in [5, 5.41) is 9.37. The molecule has 1 amide bonds. The minimum atomic E-state index is -1.000. The maximum absolute atomic E-state index is 13.4. The van der Waals surface area contributed by atoms with Crippen molar-refractivity contribution in [3.8, 4) is 0 Å². The Morgan fingerprint density at radius 1 is 1.52 bits per heavy atom. The summed E-state index contributed by atoms with van der Waals surface area (Å²) < 4.78 is 13.7. The van der Waals surface area contributed by atoms with Crippen LogP contribution in [0.3, 0.4) is 0 Å². The van der Waals surface area contributed by atoms with E-state index < -0.39 is 23.7 Å². The number of halogens is 2. The summed E-state index contributed by atoms with van der Waals surface area (Å²) in [6, 6.07) is 3.85. The van der Waals surface area contributed by atoms with Gasteiger partial charge in [-0.05, 0) is 39.5 Å². The van der Waals surface area contributed by atoms with Crippen LogP contribution < -0.4 is 0 Å². The first-order valence-corrected chi connectivity index (χ1v) is 7.57. The van der Waals surface area contributed by atoms with Crippen molar-refractivity contribution in [3.05, 3.63) is 34.1 Å². The highest BCUT2D eigenvalue weighted by Crippen LogP contribution is 2.39. The molecule has 1 aromatic rings. The number of amides is 1. The van der Waals surface area contributed by atoms with E-state index in [4.69, 9.17) is 0 Å². The lowest BCUT2D eigenvalue weighted by Gasteiger charge is -2.29. The summed E-state index contributed by atoms with van der Waals surface area (Å²) in [6.07, 6.45) is -0.0122. The molecule has 1 heterocycles. The van der Waals surface area contributed by atoms with Crippen molar-refractivity contribution in [1.29, 1.82) is 0 Å². The first-order valence-electron chi connectivity index (χ1n) is 6.78. The standard InChI is InChI=1S/C15H17BrFNO3/c1-8(2)7-18-13(19)6-10(15(20)21)14(18)9-3-4-12(17)11(16)5-9/h3-5,8,10,14H,6-7H2,1-2H3,(H,20,21). The molecule has 2 unspecified atom stereocenters. The van der Waals surface area contributed by atoms with Gasteiger partial charge in [-0.2, -0.15) is 0 Å². The van der Waals surface area contributed by atoms with Gasteiger partial charge in [-0.25, -0.2) is 4.39 Å².